The molecule has 0 atom stereocenters. The number of benzene rings is 4. The van der Waals surface area contributed by atoms with Gasteiger partial charge in [-0.3, -0.25) is 0 Å². The highest BCUT2D eigenvalue weighted by Gasteiger charge is 2.33. The molecule has 0 aliphatic heterocycles. The van der Waals surface area contributed by atoms with Crippen molar-refractivity contribution in [3.8, 4) is 11.1 Å². The van der Waals surface area contributed by atoms with Gasteiger partial charge in [0.15, 0.2) is 0 Å². The molecule has 2 bridgehead atoms. The fourth-order valence-electron chi connectivity index (χ4n) is 6.32. The summed E-state index contributed by atoms with van der Waals surface area (Å²) in [4.78, 5) is 2.34. The predicted molar refractivity (Wildman–Crippen MR) is 155 cm³/mol. The van der Waals surface area contributed by atoms with E-state index in [1.54, 1.807) is 11.1 Å². The highest BCUT2D eigenvalue weighted by Crippen LogP contribution is 2.50. The maximum atomic E-state index is 3.59. The zero-order valence-corrected chi connectivity index (χ0v) is 23.4. The van der Waals surface area contributed by atoms with E-state index in [-0.39, 0.29) is 0 Å². The van der Waals surface area contributed by atoms with E-state index < -0.39 is 0 Å². The van der Waals surface area contributed by atoms with Gasteiger partial charge >= 0.3 is 0 Å². The van der Waals surface area contributed by atoms with E-state index in [1.807, 2.05) is 0 Å². The van der Waals surface area contributed by atoms with Gasteiger partial charge in [0, 0.05) is 26.0 Å². The fraction of sp³-hybridized carbons (Fsp3) is 0.250. The van der Waals surface area contributed by atoms with Crippen molar-refractivity contribution in [2.75, 3.05) is 4.90 Å². The van der Waals surface area contributed by atoms with Gasteiger partial charge in [-0.15, -0.1) is 0 Å². The summed E-state index contributed by atoms with van der Waals surface area (Å²) >= 11 is 7.18. The van der Waals surface area contributed by atoms with E-state index in [0.717, 1.165) is 32.2 Å². The first-order valence-electron chi connectivity index (χ1n) is 12.5. The van der Waals surface area contributed by atoms with E-state index in [2.05, 4.69) is 129 Å². The van der Waals surface area contributed by atoms with Gasteiger partial charge in [0.25, 0.3) is 0 Å². The Bertz CT molecular complexity index is 1310. The van der Waals surface area contributed by atoms with Crippen molar-refractivity contribution in [3.05, 3.63) is 110 Å². The summed E-state index contributed by atoms with van der Waals surface area (Å²) in [6.45, 7) is 4.53. The molecule has 3 aliphatic rings. The molecule has 1 nitrogen and oxygen atoms in total. The first-order chi connectivity index (χ1) is 17.0. The van der Waals surface area contributed by atoms with Crippen LogP contribution in [0.2, 0.25) is 0 Å². The Balaban J connectivity index is 1.44. The van der Waals surface area contributed by atoms with E-state index in [9.17, 15) is 0 Å². The number of anilines is 3. The van der Waals surface area contributed by atoms with E-state index in [1.165, 1.54) is 53.6 Å². The second-order valence-corrected chi connectivity index (χ2v) is 12.0. The lowest BCUT2D eigenvalue weighted by atomic mass is 9.66. The summed E-state index contributed by atoms with van der Waals surface area (Å²) in [5.41, 5.74) is 12.1. The Morgan fingerprint density at radius 1 is 0.571 bits per heavy atom. The minimum absolute atomic E-state index is 0.764. The Morgan fingerprint density at radius 2 is 1.06 bits per heavy atom. The van der Waals surface area contributed by atoms with Crippen molar-refractivity contribution in [2.24, 2.45) is 0 Å². The zero-order valence-electron chi connectivity index (χ0n) is 20.2. The Morgan fingerprint density at radius 3 is 1.57 bits per heavy atom. The summed E-state index contributed by atoms with van der Waals surface area (Å²) in [5.74, 6) is 1.55. The second kappa shape index (κ2) is 9.26. The molecule has 0 aromatic heterocycles. The molecule has 1 fully saturated rings. The highest BCUT2D eigenvalue weighted by molar-refractivity contribution is 9.10. The third kappa shape index (κ3) is 4.27. The summed E-state index contributed by atoms with van der Waals surface area (Å²) in [7, 11) is 0. The molecule has 0 amide bonds. The number of aryl methyl sites for hydroxylation is 2. The summed E-state index contributed by atoms with van der Waals surface area (Å²) < 4.78 is 2.17. The minimum Gasteiger partial charge on any atom is -0.310 e. The van der Waals surface area contributed by atoms with Gasteiger partial charge < -0.3 is 4.90 Å². The maximum Gasteiger partial charge on any atom is 0.0467 e. The van der Waals surface area contributed by atoms with Gasteiger partial charge in [0.2, 0.25) is 0 Å². The molecule has 35 heavy (non-hydrogen) atoms. The molecule has 176 valence electrons. The van der Waals surface area contributed by atoms with Gasteiger partial charge in [-0.1, -0.05) is 50.1 Å². The average molecular weight is 587 g/mol. The SMILES string of the molecule is Cc1cc(N(c2ccc(Br)cc2)c2ccc(Br)cc2)cc(C)c1-c1ccc2c(c1)C1CCC2CC1. The lowest BCUT2D eigenvalue weighted by molar-refractivity contribution is 0.359. The lowest BCUT2D eigenvalue weighted by Gasteiger charge is -2.38. The van der Waals surface area contributed by atoms with Crippen molar-refractivity contribution < 1.29 is 0 Å². The van der Waals surface area contributed by atoms with E-state index in [4.69, 9.17) is 0 Å². The third-order valence-electron chi connectivity index (χ3n) is 7.93. The minimum atomic E-state index is 0.764. The van der Waals surface area contributed by atoms with Crippen molar-refractivity contribution in [3.63, 3.8) is 0 Å². The molecule has 7 rings (SSSR count). The van der Waals surface area contributed by atoms with Crippen molar-refractivity contribution >= 4 is 48.9 Å². The Labute approximate surface area is 225 Å². The van der Waals surface area contributed by atoms with Crippen LogP contribution in [0.15, 0.2) is 87.8 Å². The van der Waals surface area contributed by atoms with Crippen LogP contribution in [0.3, 0.4) is 0 Å². The average Bonchev–Trinajstić information content (AvgIpc) is 2.87. The fourth-order valence-corrected chi connectivity index (χ4v) is 6.85. The number of nitrogens with zero attached hydrogens (tertiary/aromatic N) is 1. The zero-order chi connectivity index (χ0) is 24.1. The Hall–Kier alpha value is -2.36. The van der Waals surface area contributed by atoms with Crippen LogP contribution in [0.4, 0.5) is 17.1 Å². The molecule has 4 aromatic rings. The topological polar surface area (TPSA) is 3.24 Å². The van der Waals surface area contributed by atoms with Crippen LogP contribution in [0.5, 0.6) is 0 Å². The second-order valence-electron chi connectivity index (χ2n) is 10.1. The summed E-state index contributed by atoms with van der Waals surface area (Å²) in [6.07, 6.45) is 5.50. The quantitative estimate of drug-likeness (QED) is 0.230. The standard InChI is InChI=1S/C32H29Br2N/c1-20-17-29(35(27-12-8-25(33)9-13-27)28-14-10-26(34)11-15-28)18-21(2)32(20)24-7-16-30-22-3-5-23(6-4-22)31(30)19-24/h7-19,22-23H,3-6H2,1-2H3. The van der Waals surface area contributed by atoms with Gasteiger partial charge in [-0.25, -0.2) is 0 Å². The molecule has 0 saturated heterocycles. The van der Waals surface area contributed by atoms with Crippen molar-refractivity contribution in [1.82, 2.24) is 0 Å². The molecule has 4 aromatic carbocycles. The normalized spacial score (nSPS) is 18.4. The summed E-state index contributed by atoms with van der Waals surface area (Å²) in [5, 5.41) is 0. The molecule has 0 unspecified atom stereocenters. The smallest absolute Gasteiger partial charge is 0.0467 e. The monoisotopic (exact) mass is 585 g/mol. The van der Waals surface area contributed by atoms with Crippen molar-refractivity contribution in [1.29, 1.82) is 0 Å². The number of fused-ring (bicyclic) bond motifs is 2. The van der Waals surface area contributed by atoms with Crippen LogP contribution in [-0.2, 0) is 0 Å². The molecule has 0 radical (unpaired) electrons. The van der Waals surface area contributed by atoms with Crippen LogP contribution in [0, 0.1) is 13.8 Å². The molecule has 1 saturated carbocycles. The number of rotatable bonds is 4. The van der Waals surface area contributed by atoms with Gasteiger partial charge in [-0.2, -0.15) is 0 Å². The summed E-state index contributed by atoms with van der Waals surface area (Å²) in [6, 6.07) is 29.1. The molecular weight excluding hydrogens is 558 g/mol. The maximum absolute atomic E-state index is 3.59. The van der Waals surface area contributed by atoms with Gasteiger partial charge in [-0.05, 0) is 145 Å². The number of halogens is 2. The van der Waals surface area contributed by atoms with Crippen molar-refractivity contribution in [2.45, 2.75) is 51.4 Å². The van der Waals surface area contributed by atoms with E-state index in [0.29, 0.717) is 0 Å². The molecule has 0 spiro atoms. The number of hydrogen-bond acceptors (Lipinski definition) is 1. The van der Waals surface area contributed by atoms with Crippen LogP contribution in [-0.4, -0.2) is 0 Å². The van der Waals surface area contributed by atoms with Gasteiger partial charge in [0.05, 0.1) is 0 Å². The van der Waals surface area contributed by atoms with Crippen LogP contribution < -0.4 is 4.90 Å². The third-order valence-corrected chi connectivity index (χ3v) is 8.98. The molecule has 0 N–H and O–H groups in total. The molecule has 3 heteroatoms. The first kappa shape index (κ1) is 23.1. The Kier molecular flexibility index (Phi) is 6.10. The largest absolute Gasteiger partial charge is 0.310 e. The van der Waals surface area contributed by atoms with Gasteiger partial charge in [0.1, 0.15) is 0 Å². The first-order valence-corrected chi connectivity index (χ1v) is 14.1. The highest BCUT2D eigenvalue weighted by atomic mass is 79.9. The van der Waals surface area contributed by atoms with E-state index >= 15 is 0 Å². The predicted octanol–water partition coefficient (Wildman–Crippen LogP) is 10.7. The molecule has 0 heterocycles. The van der Waals surface area contributed by atoms with Crippen LogP contribution in [0.25, 0.3) is 11.1 Å². The number of hydrogen-bond donors (Lipinski definition) is 0. The molecule has 3 aliphatic carbocycles. The lowest BCUT2D eigenvalue weighted by Crippen LogP contribution is -2.21. The van der Waals surface area contributed by atoms with Crippen LogP contribution in [0.1, 0.15) is 59.8 Å². The molecular formula is C32H29Br2N. The van der Waals surface area contributed by atoms with Crippen LogP contribution >= 0.6 is 31.9 Å².